The van der Waals surface area contributed by atoms with E-state index in [9.17, 15) is 14.4 Å². The quantitative estimate of drug-likeness (QED) is 0.647. The SMILES string of the molecule is O=COC1CC(C(=O)O)CC(C(=O)O)C1. The smallest absolute Gasteiger partial charge is 0.306 e. The molecule has 0 spiro atoms. The van der Waals surface area contributed by atoms with Crippen LogP contribution < -0.4 is 0 Å². The normalized spacial score (nSPS) is 30.5. The largest absolute Gasteiger partial charge is 0.481 e. The second kappa shape index (κ2) is 4.77. The molecule has 2 unspecified atom stereocenters. The van der Waals surface area contributed by atoms with E-state index in [1.165, 1.54) is 0 Å². The van der Waals surface area contributed by atoms with Crippen molar-refractivity contribution < 1.29 is 29.3 Å². The van der Waals surface area contributed by atoms with Gasteiger partial charge in [0.1, 0.15) is 6.10 Å². The fraction of sp³-hybridized carbons (Fsp3) is 0.667. The summed E-state index contributed by atoms with van der Waals surface area (Å²) in [6, 6.07) is 0. The number of carbonyl (C=O) groups excluding carboxylic acids is 1. The maximum atomic E-state index is 10.7. The van der Waals surface area contributed by atoms with Crippen LogP contribution in [-0.2, 0) is 19.1 Å². The second-order valence-corrected chi connectivity index (χ2v) is 3.63. The minimum atomic E-state index is -1.04. The Bertz CT molecular complexity index is 252. The fourth-order valence-corrected chi connectivity index (χ4v) is 1.86. The maximum absolute atomic E-state index is 10.7. The van der Waals surface area contributed by atoms with Gasteiger partial charge >= 0.3 is 11.9 Å². The van der Waals surface area contributed by atoms with Crippen LogP contribution in [0, 0.1) is 11.8 Å². The van der Waals surface area contributed by atoms with Crippen molar-refractivity contribution in [1.82, 2.24) is 0 Å². The van der Waals surface area contributed by atoms with E-state index >= 15 is 0 Å². The number of carboxylic acids is 2. The summed E-state index contributed by atoms with van der Waals surface area (Å²) in [5.41, 5.74) is 0. The lowest BCUT2D eigenvalue weighted by Gasteiger charge is -2.29. The Morgan fingerprint density at radius 3 is 1.87 bits per heavy atom. The molecule has 0 saturated heterocycles. The van der Waals surface area contributed by atoms with Gasteiger partial charge in [-0.3, -0.25) is 14.4 Å². The van der Waals surface area contributed by atoms with Crippen LogP contribution in [0.15, 0.2) is 0 Å². The van der Waals surface area contributed by atoms with Crippen LogP contribution in [-0.4, -0.2) is 34.7 Å². The Morgan fingerprint density at radius 2 is 1.53 bits per heavy atom. The predicted molar refractivity (Wildman–Crippen MR) is 47.0 cm³/mol. The lowest BCUT2D eigenvalue weighted by atomic mass is 9.80. The van der Waals surface area contributed by atoms with Gasteiger partial charge in [0, 0.05) is 0 Å². The first kappa shape index (κ1) is 11.5. The average Bonchev–Trinajstić information content (AvgIpc) is 2.17. The molecule has 0 amide bonds. The molecule has 0 aromatic carbocycles. The Labute approximate surface area is 85.8 Å². The molecule has 1 saturated carbocycles. The van der Waals surface area contributed by atoms with E-state index in [1.807, 2.05) is 0 Å². The van der Waals surface area contributed by atoms with Gasteiger partial charge in [0.2, 0.25) is 0 Å². The zero-order valence-electron chi connectivity index (χ0n) is 7.96. The standard InChI is InChI=1S/C9H12O6/c10-4-15-7-2-5(8(11)12)1-6(3-7)9(13)14/h4-7H,1-3H2,(H,11,12)(H,13,14). The van der Waals surface area contributed by atoms with E-state index in [4.69, 9.17) is 10.2 Å². The van der Waals surface area contributed by atoms with Crippen LogP contribution in [0.4, 0.5) is 0 Å². The third kappa shape index (κ3) is 2.93. The number of carboxylic acid groups (broad SMARTS) is 2. The van der Waals surface area contributed by atoms with Gasteiger partial charge in [-0.25, -0.2) is 0 Å². The van der Waals surface area contributed by atoms with Gasteiger partial charge in [0.05, 0.1) is 11.8 Å². The Kier molecular flexibility index (Phi) is 3.65. The summed E-state index contributed by atoms with van der Waals surface area (Å²) < 4.78 is 4.64. The highest BCUT2D eigenvalue weighted by Crippen LogP contribution is 2.31. The first-order chi connectivity index (χ1) is 7.04. The highest BCUT2D eigenvalue weighted by atomic mass is 16.5. The summed E-state index contributed by atoms with van der Waals surface area (Å²) >= 11 is 0. The lowest BCUT2D eigenvalue weighted by Crippen LogP contribution is -2.35. The van der Waals surface area contributed by atoms with Crippen LogP contribution in [0.5, 0.6) is 0 Å². The zero-order valence-corrected chi connectivity index (χ0v) is 7.96. The molecule has 15 heavy (non-hydrogen) atoms. The molecule has 1 fully saturated rings. The first-order valence-corrected chi connectivity index (χ1v) is 4.59. The Balaban J connectivity index is 2.67. The number of aliphatic carboxylic acids is 2. The highest BCUT2D eigenvalue weighted by Gasteiger charge is 2.37. The van der Waals surface area contributed by atoms with Crippen molar-refractivity contribution in [2.24, 2.45) is 11.8 Å². The first-order valence-electron chi connectivity index (χ1n) is 4.59. The zero-order chi connectivity index (χ0) is 11.4. The van der Waals surface area contributed by atoms with Crippen LogP contribution in [0.1, 0.15) is 19.3 Å². The molecule has 0 aromatic heterocycles. The van der Waals surface area contributed by atoms with Crippen molar-refractivity contribution in [3.63, 3.8) is 0 Å². The number of hydrogen-bond donors (Lipinski definition) is 2. The number of rotatable bonds is 4. The predicted octanol–water partition coefficient (Wildman–Crippen LogP) is 0.113. The minimum absolute atomic E-state index is 0.101. The van der Waals surface area contributed by atoms with Gasteiger partial charge in [-0.15, -0.1) is 0 Å². The van der Waals surface area contributed by atoms with Crippen molar-refractivity contribution in [2.45, 2.75) is 25.4 Å². The molecular formula is C9H12O6. The fourth-order valence-electron chi connectivity index (χ4n) is 1.86. The van der Waals surface area contributed by atoms with Gasteiger partial charge in [-0.05, 0) is 19.3 Å². The third-order valence-electron chi connectivity index (χ3n) is 2.61. The molecule has 0 bridgehead atoms. The van der Waals surface area contributed by atoms with Crippen molar-refractivity contribution in [1.29, 1.82) is 0 Å². The van der Waals surface area contributed by atoms with Gasteiger partial charge in [0.15, 0.2) is 0 Å². The van der Waals surface area contributed by atoms with Gasteiger partial charge in [-0.2, -0.15) is 0 Å². The van der Waals surface area contributed by atoms with Crippen LogP contribution in [0.25, 0.3) is 0 Å². The number of hydrogen-bond acceptors (Lipinski definition) is 4. The van der Waals surface area contributed by atoms with Crippen molar-refractivity contribution >= 4 is 18.4 Å². The van der Waals surface area contributed by atoms with Gasteiger partial charge < -0.3 is 14.9 Å². The molecule has 0 aliphatic heterocycles. The van der Waals surface area contributed by atoms with Crippen LogP contribution >= 0.6 is 0 Å². The molecule has 0 heterocycles. The van der Waals surface area contributed by atoms with Crippen molar-refractivity contribution in [3.05, 3.63) is 0 Å². The van der Waals surface area contributed by atoms with E-state index in [-0.39, 0.29) is 25.7 Å². The third-order valence-corrected chi connectivity index (χ3v) is 2.61. The molecule has 1 aliphatic carbocycles. The molecule has 1 aliphatic rings. The summed E-state index contributed by atoms with van der Waals surface area (Å²) in [4.78, 5) is 31.6. The second-order valence-electron chi connectivity index (χ2n) is 3.63. The summed E-state index contributed by atoms with van der Waals surface area (Å²) in [6.45, 7) is 0.230. The lowest BCUT2D eigenvalue weighted by molar-refractivity contribution is -0.155. The minimum Gasteiger partial charge on any atom is -0.481 e. The average molecular weight is 216 g/mol. The van der Waals surface area contributed by atoms with E-state index in [1.54, 1.807) is 0 Å². The Morgan fingerprint density at radius 1 is 1.07 bits per heavy atom. The maximum Gasteiger partial charge on any atom is 0.306 e. The summed E-state index contributed by atoms with van der Waals surface area (Å²) in [5.74, 6) is -3.57. The van der Waals surface area contributed by atoms with E-state index in [0.717, 1.165) is 0 Å². The van der Waals surface area contributed by atoms with Crippen molar-refractivity contribution in [2.75, 3.05) is 0 Å². The number of carbonyl (C=O) groups is 3. The Hall–Kier alpha value is -1.59. The summed E-state index contributed by atoms with van der Waals surface area (Å²) in [6.07, 6.45) is -0.113. The molecule has 84 valence electrons. The van der Waals surface area contributed by atoms with Gasteiger partial charge in [-0.1, -0.05) is 0 Å². The molecule has 2 atom stereocenters. The van der Waals surface area contributed by atoms with Crippen LogP contribution in [0.3, 0.4) is 0 Å². The highest BCUT2D eigenvalue weighted by molar-refractivity contribution is 5.74. The molecule has 6 heteroatoms. The number of ether oxygens (including phenoxy) is 1. The van der Waals surface area contributed by atoms with E-state index in [0.29, 0.717) is 0 Å². The molecular weight excluding hydrogens is 204 g/mol. The van der Waals surface area contributed by atoms with E-state index in [2.05, 4.69) is 4.74 Å². The van der Waals surface area contributed by atoms with Gasteiger partial charge in [0.25, 0.3) is 6.47 Å². The van der Waals surface area contributed by atoms with Crippen LogP contribution in [0.2, 0.25) is 0 Å². The topological polar surface area (TPSA) is 101 Å². The summed E-state index contributed by atoms with van der Waals surface area (Å²) in [5, 5.41) is 17.6. The summed E-state index contributed by atoms with van der Waals surface area (Å²) in [7, 11) is 0. The van der Waals surface area contributed by atoms with Crippen molar-refractivity contribution in [3.8, 4) is 0 Å². The molecule has 0 aromatic rings. The van der Waals surface area contributed by atoms with E-state index < -0.39 is 29.9 Å². The molecule has 0 radical (unpaired) electrons. The monoisotopic (exact) mass is 216 g/mol. The molecule has 2 N–H and O–H groups in total. The molecule has 6 nitrogen and oxygen atoms in total. The molecule has 1 rings (SSSR count).